The molecular formula is C20H31N3O3. The van der Waals surface area contributed by atoms with Gasteiger partial charge >= 0.3 is 6.03 Å². The SMILES string of the molecule is CC(C)(C)NC(=O)N1CCCN(C(=O)CCCOc2ccccc2)CC1. The lowest BCUT2D eigenvalue weighted by Gasteiger charge is -2.27. The third kappa shape index (κ3) is 6.94. The van der Waals surface area contributed by atoms with Crippen LogP contribution in [0, 0.1) is 0 Å². The fourth-order valence-corrected chi connectivity index (χ4v) is 2.86. The van der Waals surface area contributed by atoms with Gasteiger partial charge in [-0.3, -0.25) is 4.79 Å². The minimum absolute atomic E-state index is 0.0527. The van der Waals surface area contributed by atoms with E-state index in [0.717, 1.165) is 12.2 Å². The lowest BCUT2D eigenvalue weighted by molar-refractivity contribution is -0.131. The van der Waals surface area contributed by atoms with E-state index < -0.39 is 0 Å². The number of rotatable bonds is 5. The van der Waals surface area contributed by atoms with Gasteiger partial charge in [0.15, 0.2) is 0 Å². The molecule has 1 saturated heterocycles. The predicted molar refractivity (Wildman–Crippen MR) is 102 cm³/mol. The summed E-state index contributed by atoms with van der Waals surface area (Å²) in [4.78, 5) is 28.4. The summed E-state index contributed by atoms with van der Waals surface area (Å²) in [5.74, 6) is 0.968. The molecule has 1 heterocycles. The summed E-state index contributed by atoms with van der Waals surface area (Å²) in [7, 11) is 0. The van der Waals surface area contributed by atoms with Gasteiger partial charge < -0.3 is 19.9 Å². The average molecular weight is 361 g/mol. The Morgan fingerprint density at radius 1 is 1.04 bits per heavy atom. The molecule has 0 aromatic heterocycles. The fraction of sp³-hybridized carbons (Fsp3) is 0.600. The van der Waals surface area contributed by atoms with E-state index in [1.165, 1.54) is 0 Å². The van der Waals surface area contributed by atoms with Gasteiger partial charge in [-0.25, -0.2) is 4.79 Å². The molecule has 0 bridgehead atoms. The maximum absolute atomic E-state index is 12.4. The Hall–Kier alpha value is -2.24. The van der Waals surface area contributed by atoms with Crippen molar-refractivity contribution in [1.82, 2.24) is 15.1 Å². The third-order valence-electron chi connectivity index (χ3n) is 4.16. The second-order valence-corrected chi connectivity index (χ2v) is 7.67. The summed E-state index contributed by atoms with van der Waals surface area (Å²) in [6.45, 7) is 9.00. The minimum Gasteiger partial charge on any atom is -0.494 e. The number of ether oxygens (including phenoxy) is 1. The Morgan fingerprint density at radius 2 is 1.69 bits per heavy atom. The lowest BCUT2D eigenvalue weighted by atomic mass is 10.1. The molecular weight excluding hydrogens is 330 g/mol. The molecule has 1 N–H and O–H groups in total. The van der Waals surface area contributed by atoms with Crippen LogP contribution in [0.5, 0.6) is 5.75 Å². The monoisotopic (exact) mass is 361 g/mol. The van der Waals surface area contributed by atoms with Gasteiger partial charge in [-0.05, 0) is 45.7 Å². The van der Waals surface area contributed by atoms with Gasteiger partial charge in [-0.15, -0.1) is 0 Å². The van der Waals surface area contributed by atoms with Gasteiger partial charge in [-0.2, -0.15) is 0 Å². The van der Waals surface area contributed by atoms with Crippen LogP contribution in [-0.2, 0) is 4.79 Å². The Balaban J connectivity index is 1.70. The van der Waals surface area contributed by atoms with E-state index in [0.29, 0.717) is 45.6 Å². The molecule has 6 heteroatoms. The quantitative estimate of drug-likeness (QED) is 0.821. The summed E-state index contributed by atoms with van der Waals surface area (Å²) in [6, 6.07) is 9.57. The van der Waals surface area contributed by atoms with Crippen LogP contribution in [0.3, 0.4) is 0 Å². The number of hydrogen-bond donors (Lipinski definition) is 1. The van der Waals surface area contributed by atoms with Crippen LogP contribution < -0.4 is 10.1 Å². The summed E-state index contributed by atoms with van der Waals surface area (Å²) < 4.78 is 5.63. The highest BCUT2D eigenvalue weighted by Gasteiger charge is 2.24. The first-order valence-electron chi connectivity index (χ1n) is 9.38. The number of nitrogens with zero attached hydrogens (tertiary/aromatic N) is 2. The van der Waals surface area contributed by atoms with Gasteiger partial charge in [0.2, 0.25) is 5.91 Å². The van der Waals surface area contributed by atoms with Crippen LogP contribution in [0.15, 0.2) is 30.3 Å². The molecule has 3 amide bonds. The van der Waals surface area contributed by atoms with Crippen molar-refractivity contribution >= 4 is 11.9 Å². The van der Waals surface area contributed by atoms with Crippen molar-refractivity contribution < 1.29 is 14.3 Å². The molecule has 1 fully saturated rings. The molecule has 0 radical (unpaired) electrons. The Bertz CT molecular complexity index is 584. The molecule has 0 atom stereocenters. The molecule has 0 saturated carbocycles. The maximum Gasteiger partial charge on any atom is 0.317 e. The highest BCUT2D eigenvalue weighted by molar-refractivity contribution is 5.77. The summed E-state index contributed by atoms with van der Waals surface area (Å²) in [6.07, 6.45) is 1.98. The van der Waals surface area contributed by atoms with Crippen molar-refractivity contribution in [2.75, 3.05) is 32.8 Å². The summed E-state index contributed by atoms with van der Waals surface area (Å²) in [5, 5.41) is 2.99. The summed E-state index contributed by atoms with van der Waals surface area (Å²) >= 11 is 0. The second kappa shape index (κ2) is 9.46. The van der Waals surface area contributed by atoms with E-state index in [9.17, 15) is 9.59 Å². The molecule has 26 heavy (non-hydrogen) atoms. The van der Waals surface area contributed by atoms with Crippen molar-refractivity contribution in [2.45, 2.75) is 45.6 Å². The largest absolute Gasteiger partial charge is 0.494 e. The van der Waals surface area contributed by atoms with E-state index in [1.807, 2.05) is 56.0 Å². The summed E-state index contributed by atoms with van der Waals surface area (Å²) in [5.41, 5.74) is -0.252. The fourth-order valence-electron chi connectivity index (χ4n) is 2.86. The van der Waals surface area contributed by atoms with Crippen LogP contribution >= 0.6 is 0 Å². The third-order valence-corrected chi connectivity index (χ3v) is 4.16. The zero-order valence-corrected chi connectivity index (χ0v) is 16.2. The van der Waals surface area contributed by atoms with Gasteiger partial charge in [0, 0.05) is 38.1 Å². The van der Waals surface area contributed by atoms with Crippen LogP contribution in [-0.4, -0.2) is 60.1 Å². The number of para-hydroxylation sites is 1. The Kier molecular flexibility index (Phi) is 7.30. The highest BCUT2D eigenvalue weighted by Crippen LogP contribution is 2.11. The Labute approximate surface area is 156 Å². The number of amides is 3. The molecule has 2 rings (SSSR count). The van der Waals surface area contributed by atoms with Crippen molar-refractivity contribution in [1.29, 1.82) is 0 Å². The molecule has 0 aliphatic carbocycles. The lowest BCUT2D eigenvalue weighted by Crippen LogP contribution is -2.49. The van der Waals surface area contributed by atoms with Gasteiger partial charge in [0.1, 0.15) is 5.75 Å². The number of urea groups is 1. The van der Waals surface area contributed by atoms with Gasteiger partial charge in [0.25, 0.3) is 0 Å². The van der Waals surface area contributed by atoms with Crippen molar-refractivity contribution in [2.24, 2.45) is 0 Å². The Morgan fingerprint density at radius 3 is 2.38 bits per heavy atom. The number of nitrogens with one attached hydrogen (secondary N) is 1. The van der Waals surface area contributed by atoms with E-state index in [-0.39, 0.29) is 17.5 Å². The molecule has 1 aromatic rings. The van der Waals surface area contributed by atoms with Crippen LogP contribution in [0.25, 0.3) is 0 Å². The van der Waals surface area contributed by atoms with E-state index in [4.69, 9.17) is 4.74 Å². The van der Waals surface area contributed by atoms with Crippen LogP contribution in [0.2, 0.25) is 0 Å². The molecule has 0 unspecified atom stereocenters. The topological polar surface area (TPSA) is 61.9 Å². The van der Waals surface area contributed by atoms with E-state index in [1.54, 1.807) is 4.90 Å². The number of benzene rings is 1. The van der Waals surface area contributed by atoms with Crippen LogP contribution in [0.4, 0.5) is 4.79 Å². The minimum atomic E-state index is -0.252. The van der Waals surface area contributed by atoms with Crippen molar-refractivity contribution in [3.8, 4) is 5.75 Å². The first-order chi connectivity index (χ1) is 12.3. The van der Waals surface area contributed by atoms with Crippen molar-refractivity contribution in [3.63, 3.8) is 0 Å². The molecule has 0 spiro atoms. The van der Waals surface area contributed by atoms with E-state index in [2.05, 4.69) is 5.32 Å². The number of carbonyl (C=O) groups is 2. The predicted octanol–water partition coefficient (Wildman–Crippen LogP) is 2.89. The maximum atomic E-state index is 12.4. The molecule has 144 valence electrons. The first kappa shape index (κ1) is 20.1. The standard InChI is InChI=1S/C20H31N3O3/c1-20(2,3)21-19(25)23-13-8-12-22(14-15-23)18(24)11-7-16-26-17-9-5-4-6-10-17/h4-6,9-10H,7-8,11-16H2,1-3H3,(H,21,25). The second-order valence-electron chi connectivity index (χ2n) is 7.67. The number of hydrogen-bond acceptors (Lipinski definition) is 3. The normalized spacial score (nSPS) is 15.3. The molecule has 1 aliphatic rings. The van der Waals surface area contributed by atoms with E-state index >= 15 is 0 Å². The average Bonchev–Trinajstić information content (AvgIpc) is 2.84. The zero-order valence-electron chi connectivity index (χ0n) is 16.2. The zero-order chi connectivity index (χ0) is 19.0. The molecule has 6 nitrogen and oxygen atoms in total. The highest BCUT2D eigenvalue weighted by atomic mass is 16.5. The van der Waals surface area contributed by atoms with Gasteiger partial charge in [-0.1, -0.05) is 18.2 Å². The van der Waals surface area contributed by atoms with Gasteiger partial charge in [0.05, 0.1) is 6.61 Å². The first-order valence-corrected chi connectivity index (χ1v) is 9.38. The van der Waals surface area contributed by atoms with Crippen LogP contribution in [0.1, 0.15) is 40.0 Å². The van der Waals surface area contributed by atoms with Crippen molar-refractivity contribution in [3.05, 3.63) is 30.3 Å². The smallest absolute Gasteiger partial charge is 0.317 e. The molecule has 1 aliphatic heterocycles. The molecule has 1 aromatic carbocycles. The number of carbonyl (C=O) groups excluding carboxylic acids is 2.